The van der Waals surface area contributed by atoms with Gasteiger partial charge in [0, 0.05) is 56.1 Å². The van der Waals surface area contributed by atoms with Crippen LogP contribution in [-0.4, -0.2) is 52.2 Å². The van der Waals surface area contributed by atoms with Gasteiger partial charge < -0.3 is 20.3 Å². The number of halogens is 1. The topological polar surface area (TPSA) is 133 Å². The predicted octanol–water partition coefficient (Wildman–Crippen LogP) is 2.35. The maximum atomic E-state index is 14.6. The van der Waals surface area contributed by atoms with E-state index in [2.05, 4.69) is 16.4 Å². The first-order valence-electron chi connectivity index (χ1n) is 11.0. The van der Waals surface area contributed by atoms with Crippen LogP contribution in [0.4, 0.5) is 4.39 Å². The molecule has 0 unspecified atom stereocenters. The van der Waals surface area contributed by atoms with Crippen LogP contribution in [0.1, 0.15) is 53.9 Å². The van der Waals surface area contributed by atoms with Gasteiger partial charge in [0.2, 0.25) is 0 Å². The van der Waals surface area contributed by atoms with Crippen molar-refractivity contribution < 1.29 is 28.9 Å². The molecule has 1 aliphatic rings. The van der Waals surface area contributed by atoms with Crippen LogP contribution in [0.5, 0.6) is 5.75 Å². The highest BCUT2D eigenvalue weighted by molar-refractivity contribution is 5.93. The number of benzene rings is 1. The van der Waals surface area contributed by atoms with Crippen molar-refractivity contribution in [3.05, 3.63) is 58.7 Å². The van der Waals surface area contributed by atoms with Crippen molar-refractivity contribution >= 4 is 11.7 Å². The van der Waals surface area contributed by atoms with E-state index in [-0.39, 0.29) is 47.8 Å². The van der Waals surface area contributed by atoms with Gasteiger partial charge in [-0.1, -0.05) is 13.8 Å². The second-order valence-corrected chi connectivity index (χ2v) is 9.20. The zero-order valence-corrected chi connectivity index (χ0v) is 19.2. The summed E-state index contributed by atoms with van der Waals surface area (Å²) in [6.07, 6.45) is 1.84. The fourth-order valence-electron chi connectivity index (χ4n) is 3.84. The third kappa shape index (κ3) is 5.76. The molecule has 1 aromatic carbocycles. The number of carbonyl (C=O) groups excluding carboxylic acids is 2. The maximum Gasteiger partial charge on any atom is 0.271 e. The Morgan fingerprint density at radius 2 is 1.97 bits per heavy atom. The van der Waals surface area contributed by atoms with Crippen molar-refractivity contribution in [2.45, 2.75) is 50.5 Å². The Balaban J connectivity index is 1.69. The lowest BCUT2D eigenvalue weighted by molar-refractivity contribution is -0.117. The lowest BCUT2D eigenvalue weighted by atomic mass is 9.84. The number of carbonyl (C=O) groups is 2. The average molecular weight is 470 g/mol. The zero-order chi connectivity index (χ0) is 24.9. The molecule has 0 atom stereocenters. The zero-order valence-electron chi connectivity index (χ0n) is 19.2. The van der Waals surface area contributed by atoms with Crippen LogP contribution >= 0.6 is 0 Å². The van der Waals surface area contributed by atoms with Crippen molar-refractivity contribution in [2.24, 2.45) is 0 Å². The molecule has 8 nitrogen and oxygen atoms in total. The van der Waals surface area contributed by atoms with Gasteiger partial charge >= 0.3 is 0 Å². The molecule has 180 valence electrons. The number of ether oxygens (including phenoxy) is 1. The molecular weight excluding hydrogens is 441 g/mol. The molecule has 1 amide bonds. The van der Waals surface area contributed by atoms with Crippen molar-refractivity contribution in [3.63, 3.8) is 0 Å². The second-order valence-electron chi connectivity index (χ2n) is 9.20. The lowest BCUT2D eigenvalue weighted by Gasteiger charge is -2.31. The molecule has 0 radical (unpaired) electrons. The summed E-state index contributed by atoms with van der Waals surface area (Å²) in [5.74, 6) is -1.67. The van der Waals surface area contributed by atoms with E-state index in [1.165, 1.54) is 18.3 Å². The normalized spacial score (nSPS) is 15.4. The number of pyridine rings is 1. The van der Waals surface area contributed by atoms with Gasteiger partial charge in [-0.25, -0.2) is 4.39 Å². The number of aliphatic hydroxyl groups is 1. The second kappa shape index (κ2) is 10.3. The van der Waals surface area contributed by atoms with E-state index >= 15 is 0 Å². The molecule has 1 aliphatic heterocycles. The van der Waals surface area contributed by atoms with E-state index in [1.807, 2.05) is 0 Å². The molecule has 1 fully saturated rings. The Labute approximate surface area is 197 Å². The highest BCUT2D eigenvalue weighted by Gasteiger charge is 2.35. The molecule has 1 aromatic heterocycles. The minimum absolute atomic E-state index is 0.0440. The van der Waals surface area contributed by atoms with Crippen LogP contribution in [0, 0.1) is 17.1 Å². The Bertz CT molecular complexity index is 1120. The minimum atomic E-state index is -1.01. The molecule has 0 saturated carbocycles. The van der Waals surface area contributed by atoms with E-state index in [4.69, 9.17) is 4.74 Å². The number of Topliss-reactive ketones (excluding diaryl/α,β-unsaturated/α-hetero) is 1. The molecule has 3 N–H and O–H groups in total. The van der Waals surface area contributed by atoms with Crippen molar-refractivity contribution in [2.75, 3.05) is 19.8 Å². The lowest BCUT2D eigenvalue weighted by Crippen LogP contribution is -2.51. The number of aromatic hydroxyl groups is 1. The van der Waals surface area contributed by atoms with Gasteiger partial charge in [-0.3, -0.25) is 14.6 Å². The fourth-order valence-corrected chi connectivity index (χ4v) is 3.84. The monoisotopic (exact) mass is 469 g/mol. The molecule has 0 spiro atoms. The van der Waals surface area contributed by atoms with E-state index in [1.54, 1.807) is 19.9 Å². The SMILES string of the molecule is CC(C)(CO)c1cc(F)c(CC(=O)Cc2ccnc(C(=O)NC3(C#N)CCOCC3)c2)cc1O. The number of nitrogens with zero attached hydrogens (tertiary/aromatic N) is 2. The van der Waals surface area contributed by atoms with Gasteiger partial charge in [0.15, 0.2) is 0 Å². The molecular formula is C25H28FN3O5. The molecule has 3 rings (SSSR count). The van der Waals surface area contributed by atoms with Crippen LogP contribution in [0.3, 0.4) is 0 Å². The first kappa shape index (κ1) is 25.3. The summed E-state index contributed by atoms with van der Waals surface area (Å²) in [5.41, 5.74) is -0.956. The smallest absolute Gasteiger partial charge is 0.271 e. The number of phenolic OH excluding ortho intramolecular Hbond substituents is 1. The van der Waals surface area contributed by atoms with Gasteiger partial charge in [-0.05, 0) is 35.4 Å². The van der Waals surface area contributed by atoms with Gasteiger partial charge in [0.05, 0.1) is 12.7 Å². The number of nitrogens with one attached hydrogen (secondary N) is 1. The number of aliphatic hydroxyl groups excluding tert-OH is 1. The molecule has 0 aliphatic carbocycles. The number of rotatable bonds is 8. The summed E-state index contributed by atoms with van der Waals surface area (Å²) >= 11 is 0. The highest BCUT2D eigenvalue weighted by Crippen LogP contribution is 2.33. The number of phenols is 1. The molecule has 9 heteroatoms. The number of hydrogen-bond donors (Lipinski definition) is 3. The number of aromatic nitrogens is 1. The van der Waals surface area contributed by atoms with E-state index < -0.39 is 22.7 Å². The quantitative estimate of drug-likeness (QED) is 0.541. The summed E-state index contributed by atoms with van der Waals surface area (Å²) < 4.78 is 19.9. The Hall–Kier alpha value is -3.35. The van der Waals surface area contributed by atoms with Crippen LogP contribution in [0.2, 0.25) is 0 Å². The molecule has 2 heterocycles. The van der Waals surface area contributed by atoms with Crippen molar-refractivity contribution in [1.82, 2.24) is 10.3 Å². The van der Waals surface area contributed by atoms with Crippen LogP contribution in [0.25, 0.3) is 0 Å². The molecule has 0 bridgehead atoms. The number of ketones is 1. The number of hydrogen-bond acceptors (Lipinski definition) is 7. The molecule has 1 saturated heterocycles. The summed E-state index contributed by atoms with van der Waals surface area (Å²) in [6, 6.07) is 7.57. The first-order valence-corrected chi connectivity index (χ1v) is 11.0. The Kier molecular flexibility index (Phi) is 7.64. The van der Waals surface area contributed by atoms with Crippen LogP contribution < -0.4 is 5.32 Å². The highest BCUT2D eigenvalue weighted by atomic mass is 19.1. The van der Waals surface area contributed by atoms with Crippen molar-refractivity contribution in [1.29, 1.82) is 5.26 Å². The average Bonchev–Trinajstić information content (AvgIpc) is 2.81. The van der Waals surface area contributed by atoms with Gasteiger partial charge in [-0.2, -0.15) is 5.26 Å². The van der Waals surface area contributed by atoms with E-state index in [9.17, 15) is 29.5 Å². The Morgan fingerprint density at radius 3 is 2.62 bits per heavy atom. The standard InChI is InChI=1S/C25H28FN3O5/c1-24(2,15-30)19-13-20(26)17(12-22(19)32)11-18(31)9-16-3-6-28-21(10-16)23(33)29-25(14-27)4-7-34-8-5-25/h3,6,10,12-13,30,32H,4-5,7-9,11,15H2,1-2H3,(H,29,33). The Morgan fingerprint density at radius 1 is 1.26 bits per heavy atom. The third-order valence-corrected chi connectivity index (χ3v) is 6.05. The molecule has 2 aromatic rings. The van der Waals surface area contributed by atoms with Gasteiger partial charge in [0.25, 0.3) is 5.91 Å². The molecule has 34 heavy (non-hydrogen) atoms. The third-order valence-electron chi connectivity index (χ3n) is 6.05. The summed E-state index contributed by atoms with van der Waals surface area (Å²) in [6.45, 7) is 3.81. The maximum absolute atomic E-state index is 14.6. The van der Waals surface area contributed by atoms with Crippen LogP contribution in [-0.2, 0) is 27.8 Å². The van der Waals surface area contributed by atoms with Crippen LogP contribution in [0.15, 0.2) is 30.5 Å². The van der Waals surface area contributed by atoms with E-state index in [0.717, 1.165) is 6.07 Å². The van der Waals surface area contributed by atoms with Crippen molar-refractivity contribution in [3.8, 4) is 11.8 Å². The number of amides is 1. The summed E-state index contributed by atoms with van der Waals surface area (Å²) in [7, 11) is 0. The summed E-state index contributed by atoms with van der Waals surface area (Å²) in [5, 5.41) is 32.0. The predicted molar refractivity (Wildman–Crippen MR) is 121 cm³/mol. The number of nitriles is 1. The fraction of sp³-hybridized carbons (Fsp3) is 0.440. The van der Waals surface area contributed by atoms with Gasteiger partial charge in [0.1, 0.15) is 28.6 Å². The van der Waals surface area contributed by atoms with Gasteiger partial charge in [-0.15, -0.1) is 0 Å². The van der Waals surface area contributed by atoms with E-state index in [0.29, 0.717) is 31.6 Å². The largest absolute Gasteiger partial charge is 0.508 e. The first-order chi connectivity index (χ1) is 16.1. The summed E-state index contributed by atoms with van der Waals surface area (Å²) in [4.78, 5) is 29.3. The minimum Gasteiger partial charge on any atom is -0.508 e.